The summed E-state index contributed by atoms with van der Waals surface area (Å²) in [5, 5.41) is 0. The van der Waals surface area contributed by atoms with Crippen molar-refractivity contribution in [3.63, 3.8) is 0 Å². The van der Waals surface area contributed by atoms with Gasteiger partial charge in [-0.2, -0.15) is 0 Å². The van der Waals surface area contributed by atoms with Crippen LogP contribution in [0.25, 0.3) is 6.08 Å². The van der Waals surface area contributed by atoms with Crippen LogP contribution in [0.1, 0.15) is 37.8 Å². The van der Waals surface area contributed by atoms with Crippen LogP contribution in [0.5, 0.6) is 11.5 Å². The molecule has 2 aromatic rings. The van der Waals surface area contributed by atoms with E-state index in [1.54, 1.807) is 6.08 Å². The molecule has 0 N–H and O–H groups in total. The first-order chi connectivity index (χ1) is 13.2. The molecular formula is C22H23NO4. The van der Waals surface area contributed by atoms with Crippen LogP contribution < -0.4 is 9.47 Å². The Kier molecular flexibility index (Phi) is 6.26. The second kappa shape index (κ2) is 9.03. The second-order valence-corrected chi connectivity index (χ2v) is 6.06. The molecule has 5 nitrogen and oxygen atoms in total. The van der Waals surface area contributed by atoms with Gasteiger partial charge in [-0.1, -0.05) is 25.5 Å². The lowest BCUT2D eigenvalue weighted by Crippen LogP contribution is -2.05. The van der Waals surface area contributed by atoms with Gasteiger partial charge in [-0.05, 0) is 61.4 Å². The molecule has 0 radical (unpaired) electrons. The fourth-order valence-corrected chi connectivity index (χ4v) is 2.55. The predicted octanol–water partition coefficient (Wildman–Crippen LogP) is 4.61. The largest absolute Gasteiger partial charge is 0.494 e. The van der Waals surface area contributed by atoms with Crippen molar-refractivity contribution in [1.29, 1.82) is 0 Å². The standard InChI is InChI=1S/C22H23NO4/c1-3-5-14-26-19-12-8-17(9-13-19)21-23-20(22(24)27-21)15-16-6-10-18(11-7-16)25-4-2/h6-13,15H,3-5,14H2,1-2H3. The first-order valence-corrected chi connectivity index (χ1v) is 9.18. The van der Waals surface area contributed by atoms with Crippen molar-refractivity contribution < 1.29 is 19.0 Å². The van der Waals surface area contributed by atoms with Gasteiger partial charge in [-0.25, -0.2) is 9.79 Å². The minimum atomic E-state index is -0.456. The molecule has 27 heavy (non-hydrogen) atoms. The van der Waals surface area contributed by atoms with Gasteiger partial charge in [-0.3, -0.25) is 0 Å². The van der Waals surface area contributed by atoms with E-state index in [2.05, 4.69) is 11.9 Å². The molecule has 0 bridgehead atoms. The Labute approximate surface area is 159 Å². The fourth-order valence-electron chi connectivity index (χ4n) is 2.55. The summed E-state index contributed by atoms with van der Waals surface area (Å²) >= 11 is 0. The summed E-state index contributed by atoms with van der Waals surface area (Å²) in [6.45, 7) is 5.37. The monoisotopic (exact) mass is 365 g/mol. The molecule has 1 aliphatic rings. The molecule has 1 aliphatic heterocycles. The van der Waals surface area contributed by atoms with E-state index >= 15 is 0 Å². The third-order valence-corrected chi connectivity index (χ3v) is 3.98. The molecule has 0 unspecified atom stereocenters. The molecule has 0 aromatic heterocycles. The maximum atomic E-state index is 12.1. The Morgan fingerprint density at radius 1 is 0.963 bits per heavy atom. The van der Waals surface area contributed by atoms with Crippen molar-refractivity contribution in [1.82, 2.24) is 0 Å². The SMILES string of the molecule is CCCCOc1ccc(C2=NC(=Cc3ccc(OCC)cc3)C(=O)O2)cc1. The van der Waals surface area contributed by atoms with Gasteiger partial charge < -0.3 is 14.2 Å². The van der Waals surface area contributed by atoms with E-state index in [4.69, 9.17) is 14.2 Å². The lowest BCUT2D eigenvalue weighted by atomic mass is 10.2. The first-order valence-electron chi connectivity index (χ1n) is 9.18. The number of carbonyl (C=O) groups excluding carboxylic acids is 1. The predicted molar refractivity (Wildman–Crippen MR) is 105 cm³/mol. The quantitative estimate of drug-likeness (QED) is 0.389. The van der Waals surface area contributed by atoms with Gasteiger partial charge in [0.25, 0.3) is 0 Å². The van der Waals surface area contributed by atoms with Gasteiger partial charge in [0.15, 0.2) is 5.70 Å². The molecule has 0 atom stereocenters. The van der Waals surface area contributed by atoms with Crippen LogP contribution in [0.15, 0.2) is 59.2 Å². The number of aliphatic imine (C=N–C) groups is 1. The number of esters is 1. The highest BCUT2D eigenvalue weighted by atomic mass is 16.6. The molecule has 1 heterocycles. The highest BCUT2D eigenvalue weighted by Gasteiger charge is 2.24. The van der Waals surface area contributed by atoms with Gasteiger partial charge >= 0.3 is 5.97 Å². The Morgan fingerprint density at radius 3 is 2.30 bits per heavy atom. The van der Waals surface area contributed by atoms with Crippen molar-refractivity contribution in [2.24, 2.45) is 4.99 Å². The van der Waals surface area contributed by atoms with Crippen LogP contribution >= 0.6 is 0 Å². The van der Waals surface area contributed by atoms with E-state index in [9.17, 15) is 4.79 Å². The third-order valence-electron chi connectivity index (χ3n) is 3.98. The summed E-state index contributed by atoms with van der Waals surface area (Å²) in [4.78, 5) is 16.5. The molecule has 3 rings (SSSR count). The van der Waals surface area contributed by atoms with Crippen LogP contribution in [0, 0.1) is 0 Å². The average molecular weight is 365 g/mol. The lowest BCUT2D eigenvalue weighted by molar-refractivity contribution is -0.129. The molecule has 0 fully saturated rings. The number of ether oxygens (including phenoxy) is 3. The van der Waals surface area contributed by atoms with Crippen molar-refractivity contribution in [2.45, 2.75) is 26.7 Å². The first kappa shape index (κ1) is 18.7. The molecule has 140 valence electrons. The van der Waals surface area contributed by atoms with Crippen LogP contribution in [0.4, 0.5) is 0 Å². The molecule has 5 heteroatoms. The molecule has 0 saturated heterocycles. The van der Waals surface area contributed by atoms with Crippen molar-refractivity contribution in [3.05, 3.63) is 65.4 Å². The highest BCUT2D eigenvalue weighted by molar-refractivity contribution is 6.12. The van der Waals surface area contributed by atoms with Gasteiger partial charge in [0, 0.05) is 5.56 Å². The summed E-state index contributed by atoms with van der Waals surface area (Å²) in [6.07, 6.45) is 3.81. The number of hydrogen-bond donors (Lipinski definition) is 0. The Morgan fingerprint density at radius 2 is 1.63 bits per heavy atom. The van der Waals surface area contributed by atoms with Crippen LogP contribution in [0.2, 0.25) is 0 Å². The zero-order chi connectivity index (χ0) is 19.1. The van der Waals surface area contributed by atoms with E-state index in [1.807, 2.05) is 55.5 Å². The number of unbranched alkanes of at least 4 members (excludes halogenated alkanes) is 1. The van der Waals surface area contributed by atoms with Gasteiger partial charge in [0.1, 0.15) is 11.5 Å². The van der Waals surface area contributed by atoms with E-state index in [0.717, 1.165) is 35.5 Å². The zero-order valence-electron chi connectivity index (χ0n) is 15.6. The number of nitrogens with zero attached hydrogens (tertiary/aromatic N) is 1. The van der Waals surface area contributed by atoms with Gasteiger partial charge in [-0.15, -0.1) is 0 Å². The average Bonchev–Trinajstić information content (AvgIpc) is 3.05. The topological polar surface area (TPSA) is 57.1 Å². The minimum absolute atomic E-state index is 0.275. The molecule has 0 spiro atoms. The summed E-state index contributed by atoms with van der Waals surface area (Å²) in [6, 6.07) is 14.9. The summed E-state index contributed by atoms with van der Waals surface area (Å²) in [5.74, 6) is 1.43. The third kappa shape index (κ3) is 4.97. The normalized spacial score (nSPS) is 14.8. The number of carbonyl (C=O) groups is 1. The smallest absolute Gasteiger partial charge is 0.363 e. The second-order valence-electron chi connectivity index (χ2n) is 6.06. The summed E-state index contributed by atoms with van der Waals surface area (Å²) in [5.41, 5.74) is 1.87. The summed E-state index contributed by atoms with van der Waals surface area (Å²) < 4.78 is 16.4. The van der Waals surface area contributed by atoms with Gasteiger partial charge in [0.2, 0.25) is 5.90 Å². The molecule has 0 amide bonds. The van der Waals surface area contributed by atoms with E-state index in [0.29, 0.717) is 19.1 Å². The van der Waals surface area contributed by atoms with Crippen molar-refractivity contribution in [2.75, 3.05) is 13.2 Å². The maximum absolute atomic E-state index is 12.1. The molecule has 2 aromatic carbocycles. The van der Waals surface area contributed by atoms with E-state index < -0.39 is 5.97 Å². The van der Waals surface area contributed by atoms with Crippen LogP contribution in [0.3, 0.4) is 0 Å². The van der Waals surface area contributed by atoms with Crippen molar-refractivity contribution >= 4 is 17.9 Å². The number of benzene rings is 2. The van der Waals surface area contributed by atoms with Gasteiger partial charge in [0.05, 0.1) is 13.2 Å². The fraction of sp³-hybridized carbons (Fsp3) is 0.273. The number of rotatable bonds is 8. The Hall–Kier alpha value is -3.08. The zero-order valence-corrected chi connectivity index (χ0v) is 15.6. The highest BCUT2D eigenvalue weighted by Crippen LogP contribution is 2.22. The molecule has 0 aliphatic carbocycles. The van der Waals surface area contributed by atoms with Crippen LogP contribution in [-0.4, -0.2) is 25.1 Å². The van der Waals surface area contributed by atoms with Crippen molar-refractivity contribution in [3.8, 4) is 11.5 Å². The van der Waals surface area contributed by atoms with Crippen LogP contribution in [-0.2, 0) is 9.53 Å². The lowest BCUT2D eigenvalue weighted by Gasteiger charge is -2.05. The van der Waals surface area contributed by atoms with E-state index in [1.165, 1.54) is 0 Å². The molecule has 0 saturated carbocycles. The number of hydrogen-bond acceptors (Lipinski definition) is 5. The Balaban J connectivity index is 1.71. The maximum Gasteiger partial charge on any atom is 0.363 e. The minimum Gasteiger partial charge on any atom is -0.494 e. The Bertz CT molecular complexity index is 836. The van der Waals surface area contributed by atoms with E-state index in [-0.39, 0.29) is 5.70 Å². The summed E-state index contributed by atoms with van der Waals surface area (Å²) in [7, 11) is 0. The number of cyclic esters (lactones) is 1. The molecular weight excluding hydrogens is 342 g/mol.